The first-order valence-electron chi connectivity index (χ1n) is 7.99. The molecule has 0 aromatic carbocycles. The van der Waals surface area contributed by atoms with Crippen LogP contribution in [0.5, 0.6) is 0 Å². The number of nitrogens with one attached hydrogen (secondary N) is 2. The number of H-pyrrole nitrogens is 1. The lowest BCUT2D eigenvalue weighted by molar-refractivity contribution is -0.119. The zero-order chi connectivity index (χ0) is 17.8. The van der Waals surface area contributed by atoms with Gasteiger partial charge < -0.3 is 19.8 Å². The van der Waals surface area contributed by atoms with Crippen molar-refractivity contribution in [2.24, 2.45) is 0 Å². The van der Waals surface area contributed by atoms with Crippen molar-refractivity contribution in [3.63, 3.8) is 0 Å². The number of aromatic nitrogens is 1. The van der Waals surface area contributed by atoms with Gasteiger partial charge in [0.2, 0.25) is 0 Å². The number of thiophene rings is 1. The number of anilines is 1. The minimum atomic E-state index is -0.615. The van der Waals surface area contributed by atoms with E-state index < -0.39 is 24.5 Å². The quantitative estimate of drug-likeness (QED) is 0.738. The molecule has 1 aliphatic rings. The summed E-state index contributed by atoms with van der Waals surface area (Å²) in [4.78, 5) is 38.7. The number of carbonyl (C=O) groups is 3. The SMILES string of the molecule is CCOC(=O)c1c(C2CC2)csc1NC(=O)COC(=O)c1ccc[nH]1. The molecule has 2 aromatic heterocycles. The van der Waals surface area contributed by atoms with Crippen molar-refractivity contribution in [2.45, 2.75) is 25.7 Å². The second-order valence-corrected chi connectivity index (χ2v) is 6.48. The highest BCUT2D eigenvalue weighted by atomic mass is 32.1. The van der Waals surface area contributed by atoms with Gasteiger partial charge in [0, 0.05) is 6.20 Å². The predicted molar refractivity (Wildman–Crippen MR) is 92.0 cm³/mol. The van der Waals surface area contributed by atoms with Crippen LogP contribution < -0.4 is 5.32 Å². The largest absolute Gasteiger partial charge is 0.462 e. The van der Waals surface area contributed by atoms with Gasteiger partial charge >= 0.3 is 11.9 Å². The Labute approximate surface area is 148 Å². The molecule has 2 heterocycles. The third-order valence-corrected chi connectivity index (χ3v) is 4.64. The Balaban J connectivity index is 1.64. The molecule has 2 N–H and O–H groups in total. The van der Waals surface area contributed by atoms with Gasteiger partial charge in [-0.05, 0) is 48.8 Å². The fourth-order valence-electron chi connectivity index (χ4n) is 2.40. The lowest BCUT2D eigenvalue weighted by atomic mass is 10.1. The third kappa shape index (κ3) is 4.08. The molecular formula is C17H18N2O5S. The van der Waals surface area contributed by atoms with Gasteiger partial charge in [0.15, 0.2) is 6.61 Å². The summed E-state index contributed by atoms with van der Waals surface area (Å²) in [5.74, 6) is -1.21. The van der Waals surface area contributed by atoms with Gasteiger partial charge in [-0.1, -0.05) is 0 Å². The molecular weight excluding hydrogens is 344 g/mol. The molecule has 0 radical (unpaired) electrons. The molecule has 1 fully saturated rings. The van der Waals surface area contributed by atoms with Gasteiger partial charge in [0.25, 0.3) is 5.91 Å². The van der Waals surface area contributed by atoms with Crippen LogP contribution in [0.15, 0.2) is 23.7 Å². The van der Waals surface area contributed by atoms with Crippen molar-refractivity contribution in [2.75, 3.05) is 18.5 Å². The van der Waals surface area contributed by atoms with Crippen LogP contribution >= 0.6 is 11.3 Å². The maximum Gasteiger partial charge on any atom is 0.355 e. The van der Waals surface area contributed by atoms with Gasteiger partial charge in [0.05, 0.1) is 12.2 Å². The molecule has 1 aliphatic carbocycles. The van der Waals surface area contributed by atoms with Crippen LogP contribution in [0.2, 0.25) is 0 Å². The molecule has 25 heavy (non-hydrogen) atoms. The number of hydrogen-bond acceptors (Lipinski definition) is 6. The first kappa shape index (κ1) is 17.2. The number of ether oxygens (including phenoxy) is 2. The lowest BCUT2D eigenvalue weighted by Gasteiger charge is -2.08. The van der Waals surface area contributed by atoms with Crippen molar-refractivity contribution < 1.29 is 23.9 Å². The maximum atomic E-state index is 12.2. The normalized spacial score (nSPS) is 13.3. The molecule has 1 amide bonds. The van der Waals surface area contributed by atoms with E-state index in [-0.39, 0.29) is 12.3 Å². The predicted octanol–water partition coefficient (Wildman–Crippen LogP) is 2.93. The van der Waals surface area contributed by atoms with Crippen molar-refractivity contribution in [1.29, 1.82) is 0 Å². The van der Waals surface area contributed by atoms with E-state index in [0.29, 0.717) is 16.5 Å². The molecule has 0 unspecified atom stereocenters. The molecule has 0 aliphatic heterocycles. The molecule has 0 spiro atoms. The summed E-state index contributed by atoms with van der Waals surface area (Å²) in [5.41, 5.74) is 1.60. The van der Waals surface area contributed by atoms with E-state index in [1.165, 1.54) is 11.3 Å². The molecule has 3 rings (SSSR count). The zero-order valence-corrected chi connectivity index (χ0v) is 14.5. The van der Waals surface area contributed by atoms with E-state index in [9.17, 15) is 14.4 Å². The van der Waals surface area contributed by atoms with E-state index in [1.54, 1.807) is 25.3 Å². The molecule has 0 bridgehead atoms. The van der Waals surface area contributed by atoms with Crippen LogP contribution in [0, 0.1) is 0 Å². The Morgan fingerprint density at radius 2 is 2.08 bits per heavy atom. The first-order chi connectivity index (χ1) is 12.1. The van der Waals surface area contributed by atoms with Gasteiger partial charge in [-0.15, -0.1) is 11.3 Å². The van der Waals surface area contributed by atoms with Crippen molar-refractivity contribution >= 4 is 34.2 Å². The summed E-state index contributed by atoms with van der Waals surface area (Å²) >= 11 is 1.28. The van der Waals surface area contributed by atoms with Crippen LogP contribution in [0.25, 0.3) is 0 Å². The Hall–Kier alpha value is -2.61. The highest BCUT2D eigenvalue weighted by molar-refractivity contribution is 7.15. The highest BCUT2D eigenvalue weighted by Crippen LogP contribution is 2.46. The van der Waals surface area contributed by atoms with Crippen LogP contribution in [-0.4, -0.2) is 36.0 Å². The fraction of sp³-hybridized carbons (Fsp3) is 0.353. The summed E-state index contributed by atoms with van der Waals surface area (Å²) in [7, 11) is 0. The Morgan fingerprint density at radius 3 is 2.72 bits per heavy atom. The van der Waals surface area contributed by atoms with E-state index in [1.807, 2.05) is 5.38 Å². The third-order valence-electron chi connectivity index (χ3n) is 3.72. The van der Waals surface area contributed by atoms with E-state index in [4.69, 9.17) is 9.47 Å². The van der Waals surface area contributed by atoms with Crippen LogP contribution in [0.1, 0.15) is 52.1 Å². The average molecular weight is 362 g/mol. The van der Waals surface area contributed by atoms with Crippen molar-refractivity contribution in [1.82, 2.24) is 4.98 Å². The van der Waals surface area contributed by atoms with Crippen molar-refractivity contribution in [3.8, 4) is 0 Å². The standard InChI is InChI=1S/C17H18N2O5S/c1-2-23-17(22)14-11(10-5-6-10)9-25-15(14)19-13(20)8-24-16(21)12-4-3-7-18-12/h3-4,7,9-10,18H,2,5-6,8H2,1H3,(H,19,20). The average Bonchev–Trinajstić information content (AvgIpc) is 3.12. The second kappa shape index (κ2) is 7.52. The number of esters is 2. The van der Waals surface area contributed by atoms with Crippen LogP contribution in [0.4, 0.5) is 5.00 Å². The molecule has 132 valence electrons. The molecule has 2 aromatic rings. The van der Waals surface area contributed by atoms with Gasteiger partial charge in [-0.25, -0.2) is 9.59 Å². The number of carbonyl (C=O) groups excluding carboxylic acids is 3. The summed E-state index contributed by atoms with van der Waals surface area (Å²) in [5, 5.41) is 4.96. The minimum Gasteiger partial charge on any atom is -0.462 e. The zero-order valence-electron chi connectivity index (χ0n) is 13.7. The van der Waals surface area contributed by atoms with Gasteiger partial charge in [0.1, 0.15) is 10.7 Å². The number of hydrogen-bond donors (Lipinski definition) is 2. The number of aromatic amines is 1. The van der Waals surface area contributed by atoms with E-state index >= 15 is 0 Å². The molecule has 0 atom stereocenters. The molecule has 8 heteroatoms. The maximum absolute atomic E-state index is 12.2. The lowest BCUT2D eigenvalue weighted by Crippen LogP contribution is -2.22. The summed E-state index contributed by atoms with van der Waals surface area (Å²) in [6.07, 6.45) is 3.65. The smallest absolute Gasteiger partial charge is 0.355 e. The van der Waals surface area contributed by atoms with Crippen LogP contribution in [0.3, 0.4) is 0 Å². The molecule has 7 nitrogen and oxygen atoms in total. The highest BCUT2D eigenvalue weighted by Gasteiger charge is 2.32. The Morgan fingerprint density at radius 1 is 1.28 bits per heavy atom. The minimum absolute atomic E-state index is 0.264. The van der Waals surface area contributed by atoms with Crippen molar-refractivity contribution in [3.05, 3.63) is 40.5 Å². The molecule has 0 saturated heterocycles. The summed E-state index contributed by atoms with van der Waals surface area (Å²) < 4.78 is 10.0. The van der Waals surface area contributed by atoms with E-state index in [0.717, 1.165) is 18.4 Å². The fourth-order valence-corrected chi connectivity index (χ4v) is 3.45. The first-order valence-corrected chi connectivity index (χ1v) is 8.87. The Kier molecular flexibility index (Phi) is 5.18. The topological polar surface area (TPSA) is 97.5 Å². The van der Waals surface area contributed by atoms with Gasteiger partial charge in [-0.2, -0.15) is 0 Å². The van der Waals surface area contributed by atoms with E-state index in [2.05, 4.69) is 10.3 Å². The van der Waals surface area contributed by atoms with Crippen LogP contribution in [-0.2, 0) is 14.3 Å². The second-order valence-electron chi connectivity index (χ2n) is 5.60. The monoisotopic (exact) mass is 362 g/mol. The molecule has 1 saturated carbocycles. The van der Waals surface area contributed by atoms with Gasteiger partial charge in [-0.3, -0.25) is 4.79 Å². The summed E-state index contributed by atoms with van der Waals surface area (Å²) in [6, 6.07) is 3.22. The number of rotatable bonds is 7. The number of amides is 1. The summed E-state index contributed by atoms with van der Waals surface area (Å²) in [6.45, 7) is 1.57. The Bertz CT molecular complexity index is 777.